The summed E-state index contributed by atoms with van der Waals surface area (Å²) in [6.45, 7) is 3.89. The second-order valence-electron chi connectivity index (χ2n) is 11.4. The number of nitrogens with zero attached hydrogens (tertiary/aromatic N) is 2. The number of aromatic nitrogens is 1. The number of hydrogen-bond donors (Lipinski definition) is 3. The molecular weight excluding hydrogens is 619 g/mol. The number of methoxy groups -OCH3 is 1. The lowest BCUT2D eigenvalue weighted by Gasteiger charge is -2.32. The number of likely N-dealkylation sites (tertiary alicyclic amines) is 1. The minimum atomic E-state index is -5.08. The number of carbonyl (C=O) groups is 3. The van der Waals surface area contributed by atoms with Crippen LogP contribution in [0.4, 0.5) is 26.7 Å². The highest BCUT2D eigenvalue weighted by Crippen LogP contribution is 2.38. The summed E-state index contributed by atoms with van der Waals surface area (Å²) in [6, 6.07) is 5.09. The highest BCUT2D eigenvalue weighted by molar-refractivity contribution is 6.09. The molecule has 2 heterocycles. The lowest BCUT2D eigenvalue weighted by Crippen LogP contribution is -2.49. The Morgan fingerprint density at radius 2 is 1.74 bits per heavy atom. The molecule has 3 N–H and O–H groups in total. The molecule has 0 aliphatic carbocycles. The molecule has 1 atom stereocenters. The number of amides is 3. The minimum absolute atomic E-state index is 0.0278. The molecule has 2 aromatic carbocycles. The van der Waals surface area contributed by atoms with Gasteiger partial charge in [0, 0.05) is 39.5 Å². The van der Waals surface area contributed by atoms with Crippen LogP contribution >= 0.6 is 0 Å². The van der Waals surface area contributed by atoms with Crippen LogP contribution < -0.4 is 15.4 Å². The molecule has 1 aliphatic heterocycles. The maximum absolute atomic E-state index is 15.0. The third kappa shape index (κ3) is 8.05. The van der Waals surface area contributed by atoms with Gasteiger partial charge in [0.2, 0.25) is 5.91 Å². The van der Waals surface area contributed by atoms with Gasteiger partial charge in [0.15, 0.2) is 0 Å². The van der Waals surface area contributed by atoms with E-state index in [9.17, 15) is 36.3 Å². The zero-order valence-corrected chi connectivity index (χ0v) is 25.4. The van der Waals surface area contributed by atoms with Crippen molar-refractivity contribution in [3.8, 4) is 5.75 Å². The summed E-state index contributed by atoms with van der Waals surface area (Å²) >= 11 is 0. The van der Waals surface area contributed by atoms with Gasteiger partial charge < -0.3 is 34.7 Å². The molecule has 0 radical (unpaired) electrons. The van der Waals surface area contributed by atoms with Crippen LogP contribution in [0.1, 0.15) is 54.1 Å². The molecule has 4 rings (SSSR count). The molecule has 0 unspecified atom stereocenters. The Morgan fingerprint density at radius 1 is 1.07 bits per heavy atom. The summed E-state index contributed by atoms with van der Waals surface area (Å²) in [5.74, 6) is -3.77. The summed E-state index contributed by atoms with van der Waals surface area (Å²) < 4.78 is 80.1. The molecule has 3 aromatic rings. The minimum Gasteiger partial charge on any atom is -0.465 e. The number of fused-ring (bicyclic) bond motifs is 1. The molecule has 15 heteroatoms. The quantitative estimate of drug-likeness (QED) is 0.239. The van der Waals surface area contributed by atoms with Crippen molar-refractivity contribution in [1.82, 2.24) is 20.1 Å². The van der Waals surface area contributed by atoms with E-state index >= 15 is 0 Å². The van der Waals surface area contributed by atoms with Gasteiger partial charge in [-0.05, 0) is 54.0 Å². The van der Waals surface area contributed by atoms with Crippen LogP contribution in [0.25, 0.3) is 10.9 Å². The predicted octanol–water partition coefficient (Wildman–Crippen LogP) is 5.39. The summed E-state index contributed by atoms with van der Waals surface area (Å²) in [5.41, 5.74) is 0.581. The number of carbonyl (C=O) groups excluding carboxylic acids is 2. The monoisotopic (exact) mass is 654 g/mol. The lowest BCUT2D eigenvalue weighted by molar-refractivity contribution is -0.274. The smallest absolute Gasteiger partial charge is 0.465 e. The van der Waals surface area contributed by atoms with Gasteiger partial charge in [-0.1, -0.05) is 26.0 Å². The zero-order valence-electron chi connectivity index (χ0n) is 25.4. The van der Waals surface area contributed by atoms with Gasteiger partial charge in [0.25, 0.3) is 5.91 Å². The van der Waals surface area contributed by atoms with Gasteiger partial charge in [-0.2, -0.15) is 0 Å². The molecule has 250 valence electrons. The maximum Gasteiger partial charge on any atom is 0.573 e. The van der Waals surface area contributed by atoms with Crippen LogP contribution in [-0.4, -0.2) is 71.7 Å². The number of piperidine rings is 1. The van der Waals surface area contributed by atoms with E-state index in [-0.39, 0.29) is 61.1 Å². The molecule has 1 aliphatic rings. The van der Waals surface area contributed by atoms with Gasteiger partial charge >= 0.3 is 12.5 Å². The van der Waals surface area contributed by atoms with Crippen molar-refractivity contribution in [1.29, 1.82) is 0 Å². The van der Waals surface area contributed by atoms with Crippen molar-refractivity contribution in [2.75, 3.05) is 26.8 Å². The molecule has 1 aromatic heterocycles. The highest BCUT2D eigenvalue weighted by atomic mass is 19.4. The summed E-state index contributed by atoms with van der Waals surface area (Å²) in [5, 5.41) is 13.6. The summed E-state index contributed by atoms with van der Waals surface area (Å²) in [4.78, 5) is 38.7. The Bertz CT molecular complexity index is 1580. The van der Waals surface area contributed by atoms with Gasteiger partial charge in [0.1, 0.15) is 23.4 Å². The van der Waals surface area contributed by atoms with E-state index in [1.54, 1.807) is 19.9 Å². The molecule has 3 amide bonds. The fourth-order valence-corrected chi connectivity index (χ4v) is 5.66. The van der Waals surface area contributed by atoms with Crippen LogP contribution in [0.2, 0.25) is 0 Å². The topological polar surface area (TPSA) is 122 Å². The number of ether oxygens (including phenoxy) is 2. The fraction of sp³-hybridized carbons (Fsp3) is 0.452. The van der Waals surface area contributed by atoms with E-state index in [4.69, 9.17) is 9.84 Å². The first-order valence-corrected chi connectivity index (χ1v) is 14.6. The van der Waals surface area contributed by atoms with Crippen LogP contribution in [0.5, 0.6) is 5.75 Å². The zero-order chi connectivity index (χ0) is 33.8. The van der Waals surface area contributed by atoms with Crippen molar-refractivity contribution in [2.45, 2.75) is 58.1 Å². The summed E-state index contributed by atoms with van der Waals surface area (Å²) in [6.07, 6.45) is -4.46. The number of carboxylic acid groups (broad SMARTS) is 1. The Labute approximate surface area is 261 Å². The second kappa shape index (κ2) is 14.4. The molecule has 1 fully saturated rings. The Kier molecular flexibility index (Phi) is 10.8. The van der Waals surface area contributed by atoms with Crippen molar-refractivity contribution in [3.05, 3.63) is 64.9 Å². The van der Waals surface area contributed by atoms with Crippen LogP contribution in [0, 0.1) is 17.6 Å². The van der Waals surface area contributed by atoms with Crippen molar-refractivity contribution in [2.24, 2.45) is 5.92 Å². The number of benzene rings is 2. The van der Waals surface area contributed by atoms with E-state index in [1.807, 2.05) is 0 Å². The SMILES string of the molecule is COCCn1cc(C(=O)N2CCC(c3cc(CNC(=O)[C@H](NC(=O)O)C(C)C)ccc3F)CC2)c2c(OC(F)(F)F)ccc(F)c21. The average molecular weight is 655 g/mol. The Morgan fingerprint density at radius 3 is 2.35 bits per heavy atom. The third-order valence-corrected chi connectivity index (χ3v) is 7.90. The molecule has 0 bridgehead atoms. The van der Waals surface area contributed by atoms with Crippen molar-refractivity contribution in [3.63, 3.8) is 0 Å². The average Bonchev–Trinajstić information content (AvgIpc) is 3.39. The number of rotatable bonds is 11. The number of nitrogens with one attached hydrogen (secondary N) is 2. The second-order valence-corrected chi connectivity index (χ2v) is 11.4. The highest BCUT2D eigenvalue weighted by Gasteiger charge is 2.35. The number of halogens is 5. The Hall–Kier alpha value is -4.40. The molecule has 10 nitrogen and oxygen atoms in total. The van der Waals surface area contributed by atoms with Crippen LogP contribution in [-0.2, 0) is 22.6 Å². The molecule has 1 saturated heterocycles. The van der Waals surface area contributed by atoms with Crippen molar-refractivity contribution >= 4 is 28.8 Å². The molecule has 0 saturated carbocycles. The molecule has 0 spiro atoms. The van der Waals surface area contributed by atoms with Gasteiger partial charge in [-0.15, -0.1) is 13.2 Å². The maximum atomic E-state index is 15.0. The lowest BCUT2D eigenvalue weighted by atomic mass is 9.88. The third-order valence-electron chi connectivity index (χ3n) is 7.90. The normalized spacial score (nSPS) is 14.8. The first-order chi connectivity index (χ1) is 21.7. The largest absolute Gasteiger partial charge is 0.573 e. The number of alkyl halides is 3. The van der Waals surface area contributed by atoms with Crippen LogP contribution in [0.3, 0.4) is 0 Å². The van der Waals surface area contributed by atoms with E-state index in [1.165, 1.54) is 34.9 Å². The van der Waals surface area contributed by atoms with Gasteiger partial charge in [0.05, 0.1) is 23.1 Å². The fourth-order valence-electron chi connectivity index (χ4n) is 5.66. The van der Waals surface area contributed by atoms with E-state index in [2.05, 4.69) is 15.4 Å². The van der Waals surface area contributed by atoms with Crippen LogP contribution in [0.15, 0.2) is 36.5 Å². The standard InChI is InChI=1S/C31H35F5N4O6/c1-17(2)26(38-30(43)44)28(41)37-15-18-4-5-22(32)20(14-18)19-8-10-39(11-9-19)29(42)21-16-40(12-13-45-3)27-23(33)6-7-24(25(21)27)46-31(34,35)36/h4-7,14,16-17,19,26,38H,8-13,15H2,1-3H3,(H,37,41)(H,43,44)/t26-/m1/s1. The van der Waals surface area contributed by atoms with E-state index in [0.717, 1.165) is 12.1 Å². The molecular formula is C31H35F5N4O6. The Balaban J connectivity index is 1.51. The number of hydrogen-bond acceptors (Lipinski definition) is 5. The first kappa shape index (κ1) is 34.5. The van der Waals surface area contributed by atoms with Crippen molar-refractivity contribution < 1.29 is 50.9 Å². The summed E-state index contributed by atoms with van der Waals surface area (Å²) in [7, 11) is 1.41. The van der Waals surface area contributed by atoms with Gasteiger partial charge in [-0.25, -0.2) is 13.6 Å². The van der Waals surface area contributed by atoms with E-state index in [0.29, 0.717) is 24.0 Å². The van der Waals surface area contributed by atoms with E-state index < -0.39 is 47.7 Å². The molecule has 46 heavy (non-hydrogen) atoms. The predicted molar refractivity (Wildman–Crippen MR) is 156 cm³/mol. The van der Waals surface area contributed by atoms with Gasteiger partial charge in [-0.3, -0.25) is 9.59 Å². The first-order valence-electron chi connectivity index (χ1n) is 14.6.